The number of nitrogens with one attached hydrogen (secondary N) is 1. The van der Waals surface area contributed by atoms with Crippen LogP contribution in [0, 0.1) is 12.7 Å². The molecule has 0 heterocycles. The third-order valence-electron chi connectivity index (χ3n) is 4.30. The summed E-state index contributed by atoms with van der Waals surface area (Å²) >= 11 is 3.25. The number of halogens is 2. The Hall–Kier alpha value is -1.88. The molecule has 1 unspecified atom stereocenters. The first-order chi connectivity index (χ1) is 11.4. The molecule has 5 heteroatoms. The molecule has 0 spiro atoms. The predicted molar refractivity (Wildman–Crippen MR) is 94.9 cm³/mol. The Kier molecular flexibility index (Phi) is 4.90. The van der Waals surface area contributed by atoms with Crippen LogP contribution in [0.2, 0.25) is 0 Å². The molecule has 3 rings (SSSR count). The minimum absolute atomic E-state index is 0.0796. The molecule has 0 fully saturated rings. The average Bonchev–Trinajstić information content (AvgIpc) is 2.85. The summed E-state index contributed by atoms with van der Waals surface area (Å²) in [5.41, 5.74) is 4.24. The molecule has 0 saturated carbocycles. The van der Waals surface area contributed by atoms with Gasteiger partial charge in [0.2, 0.25) is 5.91 Å². The number of fused-ring (bicyclic) bond motifs is 1. The number of methoxy groups -OCH3 is 1. The first-order valence-corrected chi connectivity index (χ1v) is 8.64. The molecular weight excluding hydrogens is 373 g/mol. The molecule has 1 aliphatic rings. The molecule has 1 aliphatic carbocycles. The number of ether oxygens (including phenoxy) is 1. The van der Waals surface area contributed by atoms with Gasteiger partial charge in [0.15, 0.2) is 0 Å². The lowest BCUT2D eigenvalue weighted by Gasteiger charge is -2.12. The number of hydrogen-bond acceptors (Lipinski definition) is 2. The van der Waals surface area contributed by atoms with E-state index in [-0.39, 0.29) is 24.2 Å². The van der Waals surface area contributed by atoms with E-state index in [0.717, 1.165) is 24.2 Å². The number of aryl methyl sites for hydroxylation is 1. The van der Waals surface area contributed by atoms with Gasteiger partial charge in [0.25, 0.3) is 0 Å². The molecule has 1 amide bonds. The van der Waals surface area contributed by atoms with E-state index in [0.29, 0.717) is 10.0 Å². The lowest BCUT2D eigenvalue weighted by atomic mass is 10.1. The van der Waals surface area contributed by atoms with Crippen molar-refractivity contribution >= 4 is 21.8 Å². The molecule has 3 nitrogen and oxygen atoms in total. The quantitative estimate of drug-likeness (QED) is 0.861. The minimum Gasteiger partial charge on any atom is -0.496 e. The molecule has 2 aromatic carbocycles. The fourth-order valence-corrected chi connectivity index (χ4v) is 3.78. The molecule has 0 bridgehead atoms. The van der Waals surface area contributed by atoms with E-state index in [1.807, 2.05) is 6.92 Å². The highest BCUT2D eigenvalue weighted by Crippen LogP contribution is 2.29. The monoisotopic (exact) mass is 391 g/mol. The van der Waals surface area contributed by atoms with Crippen molar-refractivity contribution in [2.24, 2.45) is 0 Å². The molecule has 0 saturated heterocycles. The summed E-state index contributed by atoms with van der Waals surface area (Å²) in [6.45, 7) is 2.02. The van der Waals surface area contributed by atoms with Crippen LogP contribution in [-0.2, 0) is 24.1 Å². The van der Waals surface area contributed by atoms with Gasteiger partial charge in [-0.3, -0.25) is 4.79 Å². The molecule has 0 aliphatic heterocycles. The van der Waals surface area contributed by atoms with Gasteiger partial charge in [-0.25, -0.2) is 4.39 Å². The van der Waals surface area contributed by atoms with E-state index in [1.165, 1.54) is 23.3 Å². The van der Waals surface area contributed by atoms with Crippen molar-refractivity contribution in [3.8, 4) is 5.75 Å². The number of amides is 1. The van der Waals surface area contributed by atoms with Crippen LogP contribution in [0.5, 0.6) is 5.75 Å². The van der Waals surface area contributed by atoms with E-state index in [4.69, 9.17) is 4.74 Å². The maximum atomic E-state index is 13.4. The topological polar surface area (TPSA) is 38.3 Å². The molecule has 1 N–H and O–H groups in total. The summed E-state index contributed by atoms with van der Waals surface area (Å²) < 4.78 is 19.4. The summed E-state index contributed by atoms with van der Waals surface area (Å²) in [7, 11) is 1.67. The fraction of sp³-hybridized carbons (Fsp3) is 0.316. The van der Waals surface area contributed by atoms with Gasteiger partial charge >= 0.3 is 0 Å². The first kappa shape index (κ1) is 17.0. The highest BCUT2D eigenvalue weighted by Gasteiger charge is 2.24. The normalized spacial score (nSPS) is 15.9. The van der Waals surface area contributed by atoms with Gasteiger partial charge in [-0.2, -0.15) is 0 Å². The molecule has 126 valence electrons. The second-order valence-electron chi connectivity index (χ2n) is 6.22. The summed E-state index contributed by atoms with van der Waals surface area (Å²) in [4.78, 5) is 12.3. The molecule has 0 aromatic heterocycles. The average molecular weight is 392 g/mol. The van der Waals surface area contributed by atoms with Gasteiger partial charge in [-0.05, 0) is 66.3 Å². The maximum Gasteiger partial charge on any atom is 0.224 e. The van der Waals surface area contributed by atoms with Crippen LogP contribution in [0.4, 0.5) is 4.39 Å². The van der Waals surface area contributed by atoms with E-state index >= 15 is 0 Å². The predicted octanol–water partition coefficient (Wildman–Crippen LogP) is 3.73. The second-order valence-corrected chi connectivity index (χ2v) is 7.13. The summed E-state index contributed by atoms with van der Waals surface area (Å²) in [5.74, 6) is 0.447. The molecule has 2 aromatic rings. The van der Waals surface area contributed by atoms with Crippen molar-refractivity contribution < 1.29 is 13.9 Å². The standard InChI is InChI=1S/C19H19BrFNO2/c1-11-3-13-7-17(8-14(13)9-18(11)24-2)22-19(23)6-12-4-15(20)10-16(21)5-12/h3-5,9-10,17H,6-8H2,1-2H3,(H,22,23). The fourth-order valence-electron chi connectivity index (χ4n) is 3.27. The second kappa shape index (κ2) is 6.93. The third-order valence-corrected chi connectivity index (χ3v) is 4.76. The van der Waals surface area contributed by atoms with E-state index in [9.17, 15) is 9.18 Å². The zero-order valence-corrected chi connectivity index (χ0v) is 15.2. The zero-order valence-electron chi connectivity index (χ0n) is 13.7. The van der Waals surface area contributed by atoms with Gasteiger partial charge in [-0.1, -0.05) is 22.0 Å². The Labute approximate surface area is 149 Å². The summed E-state index contributed by atoms with van der Waals surface area (Å²) in [5, 5.41) is 3.05. The van der Waals surface area contributed by atoms with Crippen LogP contribution in [0.1, 0.15) is 22.3 Å². The summed E-state index contributed by atoms with van der Waals surface area (Å²) in [6, 6.07) is 8.80. The number of hydrogen-bond donors (Lipinski definition) is 1. The van der Waals surface area contributed by atoms with E-state index in [1.54, 1.807) is 13.2 Å². The summed E-state index contributed by atoms with van der Waals surface area (Å²) in [6.07, 6.45) is 1.79. The van der Waals surface area contributed by atoms with Crippen LogP contribution in [0.3, 0.4) is 0 Å². The molecular formula is C19H19BrFNO2. The minimum atomic E-state index is -0.344. The Morgan fingerprint density at radius 2 is 1.96 bits per heavy atom. The van der Waals surface area contributed by atoms with Crippen molar-refractivity contribution in [2.45, 2.75) is 32.2 Å². The van der Waals surface area contributed by atoms with Gasteiger partial charge < -0.3 is 10.1 Å². The van der Waals surface area contributed by atoms with Gasteiger partial charge in [0, 0.05) is 10.5 Å². The Balaban J connectivity index is 1.64. The van der Waals surface area contributed by atoms with Gasteiger partial charge in [0.1, 0.15) is 11.6 Å². The zero-order chi connectivity index (χ0) is 17.3. The lowest BCUT2D eigenvalue weighted by Crippen LogP contribution is -2.36. The number of rotatable bonds is 4. The molecule has 24 heavy (non-hydrogen) atoms. The third kappa shape index (κ3) is 3.78. The van der Waals surface area contributed by atoms with Crippen molar-refractivity contribution in [1.29, 1.82) is 0 Å². The van der Waals surface area contributed by atoms with Crippen LogP contribution in [-0.4, -0.2) is 19.1 Å². The van der Waals surface area contributed by atoms with Crippen LogP contribution in [0.25, 0.3) is 0 Å². The highest BCUT2D eigenvalue weighted by molar-refractivity contribution is 9.10. The van der Waals surface area contributed by atoms with E-state index in [2.05, 4.69) is 33.4 Å². The van der Waals surface area contributed by atoms with Crippen molar-refractivity contribution in [1.82, 2.24) is 5.32 Å². The van der Waals surface area contributed by atoms with Crippen molar-refractivity contribution in [2.75, 3.05) is 7.11 Å². The maximum absolute atomic E-state index is 13.4. The molecule has 1 atom stereocenters. The Bertz CT molecular complexity index is 771. The SMILES string of the molecule is COc1cc2c(cc1C)CC(NC(=O)Cc1cc(F)cc(Br)c1)C2. The van der Waals surface area contributed by atoms with Crippen LogP contribution < -0.4 is 10.1 Å². The largest absolute Gasteiger partial charge is 0.496 e. The van der Waals surface area contributed by atoms with E-state index < -0.39 is 0 Å². The van der Waals surface area contributed by atoms with Crippen molar-refractivity contribution in [3.05, 3.63) is 62.9 Å². The van der Waals surface area contributed by atoms with Crippen molar-refractivity contribution in [3.63, 3.8) is 0 Å². The van der Waals surface area contributed by atoms with Gasteiger partial charge in [-0.15, -0.1) is 0 Å². The van der Waals surface area contributed by atoms with Gasteiger partial charge in [0.05, 0.1) is 13.5 Å². The number of carbonyl (C=O) groups is 1. The first-order valence-electron chi connectivity index (χ1n) is 7.85. The number of carbonyl (C=O) groups excluding carboxylic acids is 1. The smallest absolute Gasteiger partial charge is 0.224 e. The number of benzene rings is 2. The Morgan fingerprint density at radius 1 is 1.25 bits per heavy atom. The Morgan fingerprint density at radius 3 is 2.62 bits per heavy atom. The molecule has 0 radical (unpaired) electrons. The van der Waals surface area contributed by atoms with Crippen LogP contribution >= 0.6 is 15.9 Å². The van der Waals surface area contributed by atoms with Crippen LogP contribution in [0.15, 0.2) is 34.8 Å². The lowest BCUT2D eigenvalue weighted by molar-refractivity contribution is -0.121. The highest BCUT2D eigenvalue weighted by atomic mass is 79.9.